The smallest absolute Gasteiger partial charge is 0.339 e. The van der Waals surface area contributed by atoms with E-state index in [4.69, 9.17) is 14.0 Å². The zero-order valence-electron chi connectivity index (χ0n) is 17.2. The van der Waals surface area contributed by atoms with Gasteiger partial charge in [-0.1, -0.05) is 17.3 Å². The first kappa shape index (κ1) is 21.0. The number of aromatic nitrogens is 2. The van der Waals surface area contributed by atoms with Gasteiger partial charge in [-0.15, -0.1) is 0 Å². The van der Waals surface area contributed by atoms with E-state index in [1.165, 1.54) is 37.4 Å². The van der Waals surface area contributed by atoms with E-state index in [1.807, 2.05) is 0 Å². The minimum atomic E-state index is -0.748. The largest absolute Gasteiger partial charge is 0.495 e. The molecule has 0 atom stereocenters. The fourth-order valence-corrected chi connectivity index (χ4v) is 3.17. The fraction of sp³-hybridized carbons (Fsp3) is 0.130. The molecule has 0 aliphatic heterocycles. The monoisotopic (exact) mass is 435 g/mol. The minimum Gasteiger partial charge on any atom is -0.495 e. The summed E-state index contributed by atoms with van der Waals surface area (Å²) in [5.74, 6) is -1.20. The van der Waals surface area contributed by atoms with Gasteiger partial charge in [0.25, 0.3) is 11.6 Å². The molecule has 162 valence electrons. The van der Waals surface area contributed by atoms with Gasteiger partial charge in [-0.2, -0.15) is 0 Å². The maximum absolute atomic E-state index is 13.3. The number of hydrogen-bond donors (Lipinski definition) is 1. The molecule has 9 heteroatoms. The first-order valence-corrected chi connectivity index (χ1v) is 9.59. The predicted octanol–water partition coefficient (Wildman–Crippen LogP) is 4.14. The van der Waals surface area contributed by atoms with Crippen LogP contribution in [-0.4, -0.2) is 35.7 Å². The molecule has 4 aromatic rings. The van der Waals surface area contributed by atoms with Gasteiger partial charge >= 0.3 is 5.97 Å². The number of esters is 1. The summed E-state index contributed by atoms with van der Waals surface area (Å²) in [4.78, 5) is 29.5. The van der Waals surface area contributed by atoms with Crippen LogP contribution in [0.3, 0.4) is 0 Å². The Morgan fingerprint density at radius 1 is 1.12 bits per heavy atom. The average molecular weight is 435 g/mol. The average Bonchev–Trinajstić information content (AvgIpc) is 3.18. The molecule has 0 fully saturated rings. The predicted molar refractivity (Wildman–Crippen MR) is 114 cm³/mol. The van der Waals surface area contributed by atoms with Crippen molar-refractivity contribution < 1.29 is 28.0 Å². The maximum Gasteiger partial charge on any atom is 0.339 e. The van der Waals surface area contributed by atoms with Crippen LogP contribution in [0.5, 0.6) is 5.75 Å². The summed E-state index contributed by atoms with van der Waals surface area (Å²) in [6.07, 6.45) is 0. The van der Waals surface area contributed by atoms with Crippen LogP contribution >= 0.6 is 0 Å². The first-order chi connectivity index (χ1) is 15.5. The normalized spacial score (nSPS) is 10.7. The van der Waals surface area contributed by atoms with Crippen LogP contribution in [0.4, 0.5) is 10.1 Å². The van der Waals surface area contributed by atoms with Gasteiger partial charge in [-0.3, -0.25) is 4.79 Å². The first-order valence-electron chi connectivity index (χ1n) is 9.59. The van der Waals surface area contributed by atoms with Crippen molar-refractivity contribution in [2.75, 3.05) is 19.0 Å². The second-order valence-corrected chi connectivity index (χ2v) is 6.83. The van der Waals surface area contributed by atoms with Gasteiger partial charge in [0.1, 0.15) is 11.6 Å². The number of methoxy groups -OCH3 is 1. The number of pyridine rings is 1. The van der Waals surface area contributed by atoms with Gasteiger partial charge in [0.2, 0.25) is 0 Å². The Balaban J connectivity index is 1.56. The van der Waals surface area contributed by atoms with Crippen LogP contribution in [-0.2, 0) is 9.53 Å². The van der Waals surface area contributed by atoms with Crippen molar-refractivity contribution in [3.05, 3.63) is 71.7 Å². The Kier molecular flexibility index (Phi) is 5.80. The summed E-state index contributed by atoms with van der Waals surface area (Å²) in [7, 11) is 1.49. The summed E-state index contributed by atoms with van der Waals surface area (Å²) in [6.45, 7) is 1.15. The molecular weight excluding hydrogens is 417 g/mol. The van der Waals surface area contributed by atoms with Gasteiger partial charge in [-0.05, 0) is 49.4 Å². The lowest BCUT2D eigenvalue weighted by molar-refractivity contribution is -0.119. The van der Waals surface area contributed by atoms with Gasteiger partial charge in [0.05, 0.1) is 35.1 Å². The molecule has 0 radical (unpaired) electrons. The fourth-order valence-electron chi connectivity index (χ4n) is 3.17. The number of carbonyl (C=O) groups excluding carboxylic acids is 2. The molecule has 32 heavy (non-hydrogen) atoms. The molecule has 8 nitrogen and oxygen atoms in total. The highest BCUT2D eigenvalue weighted by Gasteiger charge is 2.21. The number of anilines is 1. The third-order valence-electron chi connectivity index (χ3n) is 4.69. The van der Waals surface area contributed by atoms with Gasteiger partial charge < -0.3 is 19.3 Å². The number of hydrogen-bond acceptors (Lipinski definition) is 7. The Labute approximate surface area is 182 Å². The molecule has 0 saturated heterocycles. The number of benzene rings is 2. The number of halogens is 1. The van der Waals surface area contributed by atoms with E-state index in [-0.39, 0.29) is 11.3 Å². The summed E-state index contributed by atoms with van der Waals surface area (Å²) in [5, 5.41) is 6.87. The summed E-state index contributed by atoms with van der Waals surface area (Å²) in [5.41, 5.74) is 2.12. The van der Waals surface area contributed by atoms with E-state index >= 15 is 0 Å². The lowest BCUT2D eigenvalue weighted by Crippen LogP contribution is -2.21. The van der Waals surface area contributed by atoms with Crippen molar-refractivity contribution in [2.24, 2.45) is 0 Å². The van der Waals surface area contributed by atoms with E-state index < -0.39 is 24.3 Å². The second-order valence-electron chi connectivity index (χ2n) is 6.83. The van der Waals surface area contributed by atoms with Crippen LogP contribution in [0.15, 0.2) is 59.1 Å². The topological polar surface area (TPSA) is 104 Å². The number of amides is 1. The lowest BCUT2D eigenvalue weighted by atomic mass is 10.1. The summed E-state index contributed by atoms with van der Waals surface area (Å²) < 4.78 is 28.9. The molecular formula is C23H18FN3O5. The van der Waals surface area contributed by atoms with Crippen LogP contribution in [0, 0.1) is 12.7 Å². The van der Waals surface area contributed by atoms with E-state index in [1.54, 1.807) is 31.2 Å². The Bertz CT molecular complexity index is 1300. The third-order valence-corrected chi connectivity index (χ3v) is 4.69. The summed E-state index contributed by atoms with van der Waals surface area (Å²) in [6, 6.07) is 14.0. The van der Waals surface area contributed by atoms with E-state index in [0.717, 1.165) is 0 Å². The molecule has 0 saturated carbocycles. The highest BCUT2D eigenvalue weighted by Crippen LogP contribution is 2.28. The zero-order valence-corrected chi connectivity index (χ0v) is 17.2. The van der Waals surface area contributed by atoms with Crippen LogP contribution in [0.25, 0.3) is 22.4 Å². The Hall–Kier alpha value is -4.27. The van der Waals surface area contributed by atoms with Crippen LogP contribution in [0.1, 0.15) is 16.1 Å². The highest BCUT2D eigenvalue weighted by molar-refractivity contribution is 6.05. The van der Waals surface area contributed by atoms with Crippen molar-refractivity contribution in [3.63, 3.8) is 0 Å². The molecule has 0 aliphatic carbocycles. The molecule has 0 spiro atoms. The molecule has 1 N–H and O–H groups in total. The number of nitrogens with one attached hydrogen (secondary N) is 1. The number of carbonyl (C=O) groups is 2. The minimum absolute atomic E-state index is 0.134. The van der Waals surface area contributed by atoms with Crippen molar-refractivity contribution >= 4 is 28.7 Å². The van der Waals surface area contributed by atoms with Crippen molar-refractivity contribution in [1.82, 2.24) is 10.1 Å². The molecule has 1 amide bonds. The summed E-state index contributed by atoms with van der Waals surface area (Å²) >= 11 is 0. The van der Waals surface area contributed by atoms with E-state index in [0.29, 0.717) is 33.8 Å². The number of para-hydroxylation sites is 2. The van der Waals surface area contributed by atoms with Gasteiger partial charge in [0, 0.05) is 5.56 Å². The number of aryl methyl sites for hydroxylation is 1. The quantitative estimate of drug-likeness (QED) is 0.454. The number of fused-ring (bicyclic) bond motifs is 1. The molecule has 2 aromatic carbocycles. The maximum atomic E-state index is 13.3. The molecule has 0 unspecified atom stereocenters. The van der Waals surface area contributed by atoms with Crippen molar-refractivity contribution in [1.29, 1.82) is 0 Å². The number of rotatable bonds is 6. The Morgan fingerprint density at radius 2 is 1.88 bits per heavy atom. The van der Waals surface area contributed by atoms with E-state index in [2.05, 4.69) is 15.5 Å². The SMILES string of the molecule is COc1ccccc1NC(=O)COC(=O)c1cc(-c2ccc(F)cc2)nc2onc(C)c12. The van der Waals surface area contributed by atoms with Crippen molar-refractivity contribution in [3.8, 4) is 17.0 Å². The molecule has 0 bridgehead atoms. The second kappa shape index (κ2) is 8.84. The molecule has 0 aliphatic rings. The van der Waals surface area contributed by atoms with Crippen LogP contribution < -0.4 is 10.1 Å². The highest BCUT2D eigenvalue weighted by atomic mass is 19.1. The molecule has 2 heterocycles. The van der Waals surface area contributed by atoms with Crippen molar-refractivity contribution in [2.45, 2.75) is 6.92 Å². The van der Waals surface area contributed by atoms with Gasteiger partial charge in [-0.25, -0.2) is 14.2 Å². The third kappa shape index (κ3) is 4.27. The Morgan fingerprint density at radius 3 is 2.62 bits per heavy atom. The van der Waals surface area contributed by atoms with Gasteiger partial charge in [0.15, 0.2) is 6.61 Å². The number of nitrogens with zero attached hydrogens (tertiary/aromatic N) is 2. The number of ether oxygens (including phenoxy) is 2. The zero-order chi connectivity index (χ0) is 22.7. The lowest BCUT2D eigenvalue weighted by Gasteiger charge is -2.11. The molecule has 2 aromatic heterocycles. The standard InChI is InChI=1S/C23H18FN3O5/c1-13-21-16(11-18(26-22(21)32-27-13)14-7-9-15(24)10-8-14)23(29)31-12-20(28)25-17-5-3-4-6-19(17)30-2/h3-11H,12H2,1-2H3,(H,25,28). The van der Waals surface area contributed by atoms with Crippen LogP contribution in [0.2, 0.25) is 0 Å². The molecule has 4 rings (SSSR count). The van der Waals surface area contributed by atoms with E-state index in [9.17, 15) is 14.0 Å².